The van der Waals surface area contributed by atoms with Crippen LogP contribution in [0.5, 0.6) is 0 Å². The summed E-state index contributed by atoms with van der Waals surface area (Å²) in [6.07, 6.45) is -5.72. The van der Waals surface area contributed by atoms with E-state index in [-0.39, 0.29) is 11.5 Å². The number of hydrogen-bond acceptors (Lipinski definition) is 5. The van der Waals surface area contributed by atoms with Gasteiger partial charge in [0.25, 0.3) is 11.8 Å². The molecule has 192 valence electrons. The molecule has 1 aromatic heterocycles. The molecule has 0 N–H and O–H groups in total. The van der Waals surface area contributed by atoms with E-state index >= 15 is 0 Å². The summed E-state index contributed by atoms with van der Waals surface area (Å²) in [5.41, 5.74) is 0.284. The highest BCUT2D eigenvalue weighted by Crippen LogP contribution is 2.43. The Labute approximate surface area is 215 Å². The maximum absolute atomic E-state index is 14.1. The topological polar surface area (TPSA) is 72.0 Å². The molecular formula is C24H22Cl2F3N3O4. The lowest BCUT2D eigenvalue weighted by Crippen LogP contribution is -2.53. The van der Waals surface area contributed by atoms with Crippen molar-refractivity contribution in [2.24, 2.45) is 0 Å². The number of halogens is 5. The average Bonchev–Trinajstić information content (AvgIpc) is 3.25. The Balaban J connectivity index is 1.61. The first kappa shape index (κ1) is 25.3. The van der Waals surface area contributed by atoms with Crippen molar-refractivity contribution >= 4 is 46.5 Å². The highest BCUT2D eigenvalue weighted by atomic mass is 35.5. The lowest BCUT2D eigenvalue weighted by atomic mass is 9.99. The minimum Gasteiger partial charge on any atom is -0.341 e. The number of fused-ring (bicyclic) bond motifs is 2. The molecule has 0 unspecified atom stereocenters. The summed E-state index contributed by atoms with van der Waals surface area (Å²) in [6.45, 7) is 4.92. The second-order valence-electron chi connectivity index (χ2n) is 9.48. The van der Waals surface area contributed by atoms with E-state index in [1.807, 2.05) is 0 Å². The summed E-state index contributed by atoms with van der Waals surface area (Å²) in [6, 6.07) is 3.58. The van der Waals surface area contributed by atoms with Crippen molar-refractivity contribution in [1.29, 1.82) is 0 Å². The van der Waals surface area contributed by atoms with E-state index in [1.165, 1.54) is 11.8 Å². The number of amides is 2. The van der Waals surface area contributed by atoms with Gasteiger partial charge in [-0.1, -0.05) is 23.2 Å². The van der Waals surface area contributed by atoms with Gasteiger partial charge in [0.2, 0.25) is 0 Å². The van der Waals surface area contributed by atoms with E-state index in [4.69, 9.17) is 32.7 Å². The number of rotatable bonds is 2. The van der Waals surface area contributed by atoms with Crippen LogP contribution in [0.4, 0.5) is 24.7 Å². The van der Waals surface area contributed by atoms with Gasteiger partial charge in [0.15, 0.2) is 11.9 Å². The minimum absolute atomic E-state index is 0.0443. The summed E-state index contributed by atoms with van der Waals surface area (Å²) in [5, 5.41) is 0.681. The second-order valence-corrected chi connectivity index (χ2v) is 10.3. The fourth-order valence-electron chi connectivity index (χ4n) is 5.07. The number of aryl methyl sites for hydroxylation is 1. The number of alkyl halides is 3. The maximum Gasteiger partial charge on any atom is 0.416 e. The molecule has 2 aromatic rings. The third kappa shape index (κ3) is 4.13. The van der Waals surface area contributed by atoms with Gasteiger partial charge in [-0.25, -0.2) is 4.98 Å². The predicted molar refractivity (Wildman–Crippen MR) is 126 cm³/mol. The number of ether oxygens (including phenoxy) is 2. The van der Waals surface area contributed by atoms with Gasteiger partial charge in [-0.2, -0.15) is 13.2 Å². The highest BCUT2D eigenvalue weighted by Gasteiger charge is 2.61. The number of hydrogen-bond donors (Lipinski definition) is 0. The van der Waals surface area contributed by atoms with Gasteiger partial charge in [-0.3, -0.25) is 14.5 Å². The van der Waals surface area contributed by atoms with E-state index in [9.17, 15) is 22.8 Å². The van der Waals surface area contributed by atoms with Gasteiger partial charge in [0.05, 0.1) is 15.6 Å². The van der Waals surface area contributed by atoms with Crippen LogP contribution >= 0.6 is 23.2 Å². The highest BCUT2D eigenvalue weighted by molar-refractivity contribution is 6.42. The molecule has 0 radical (unpaired) electrons. The summed E-state index contributed by atoms with van der Waals surface area (Å²) in [5.74, 6) is -2.69. The molecule has 5 rings (SSSR count). The Morgan fingerprint density at radius 1 is 1.19 bits per heavy atom. The molecule has 0 bridgehead atoms. The number of benzene rings is 1. The molecule has 2 saturated heterocycles. The van der Waals surface area contributed by atoms with Gasteiger partial charge in [-0.15, -0.1) is 0 Å². The Bertz CT molecular complexity index is 1270. The standard InChI is InChI=1S/C24H22Cl2F3N3O4/c1-11-9-12(24(27,28)29)10-16(30-11)32-18(19-20(22(32)34)36-23(2,3)35-19)21(33)31-8-4-5-13-15(31)7-6-14(25)17(13)26/h6-7,9-10,18-20H,4-5,8H2,1-3H3/t18-,19-,20-/m0/s1. The molecule has 3 aliphatic rings. The fraction of sp³-hybridized carbons (Fsp3) is 0.458. The number of anilines is 2. The van der Waals surface area contributed by atoms with Gasteiger partial charge in [0, 0.05) is 17.9 Å². The Hall–Kier alpha value is -2.40. The molecule has 0 aliphatic carbocycles. The zero-order valence-corrected chi connectivity index (χ0v) is 21.0. The SMILES string of the molecule is Cc1cc(C(F)(F)F)cc(N2C(=O)[C@H]3OC(C)(C)O[C@H]3[C@H]2C(=O)N2CCCc3c2ccc(Cl)c3Cl)n1. The molecule has 3 aliphatic heterocycles. The fourth-order valence-corrected chi connectivity index (χ4v) is 5.50. The van der Waals surface area contributed by atoms with E-state index in [0.29, 0.717) is 40.7 Å². The second kappa shape index (κ2) is 8.58. The number of carbonyl (C=O) groups excluding carboxylic acids is 2. The van der Waals surface area contributed by atoms with Crippen molar-refractivity contribution in [3.05, 3.63) is 51.1 Å². The zero-order chi connectivity index (χ0) is 26.2. The smallest absolute Gasteiger partial charge is 0.341 e. The molecule has 1 aromatic carbocycles. The molecule has 12 heteroatoms. The van der Waals surface area contributed by atoms with Crippen LogP contribution in [0.3, 0.4) is 0 Å². The number of aromatic nitrogens is 1. The Morgan fingerprint density at radius 3 is 2.61 bits per heavy atom. The molecule has 0 saturated carbocycles. The zero-order valence-electron chi connectivity index (χ0n) is 19.5. The predicted octanol–water partition coefficient (Wildman–Crippen LogP) is 4.93. The van der Waals surface area contributed by atoms with Gasteiger partial charge in [0.1, 0.15) is 18.0 Å². The number of nitrogens with zero attached hydrogens (tertiary/aromatic N) is 3. The van der Waals surface area contributed by atoms with Crippen LogP contribution in [-0.2, 0) is 31.7 Å². The first-order chi connectivity index (χ1) is 16.8. The van der Waals surface area contributed by atoms with E-state index in [0.717, 1.165) is 17.0 Å². The van der Waals surface area contributed by atoms with Crippen LogP contribution in [0.1, 0.15) is 37.1 Å². The molecule has 3 atom stereocenters. The molecule has 4 heterocycles. The quantitative estimate of drug-likeness (QED) is 0.537. The van der Waals surface area contributed by atoms with Crippen LogP contribution in [0.15, 0.2) is 24.3 Å². The lowest BCUT2D eigenvalue weighted by Gasteiger charge is -2.36. The van der Waals surface area contributed by atoms with E-state index in [1.54, 1.807) is 26.0 Å². The monoisotopic (exact) mass is 543 g/mol. The molecule has 36 heavy (non-hydrogen) atoms. The largest absolute Gasteiger partial charge is 0.416 e. The normalized spacial score (nSPS) is 25.2. The first-order valence-corrected chi connectivity index (χ1v) is 12.1. The minimum atomic E-state index is -4.67. The molecule has 0 spiro atoms. The average molecular weight is 544 g/mol. The van der Waals surface area contributed by atoms with Crippen LogP contribution in [-0.4, -0.2) is 47.4 Å². The third-order valence-corrected chi connectivity index (χ3v) is 7.35. The van der Waals surface area contributed by atoms with Crippen LogP contribution < -0.4 is 9.80 Å². The Kier molecular flexibility index (Phi) is 6.02. The van der Waals surface area contributed by atoms with Crippen molar-refractivity contribution in [3.8, 4) is 0 Å². The number of carbonyl (C=O) groups is 2. The Morgan fingerprint density at radius 2 is 1.92 bits per heavy atom. The van der Waals surface area contributed by atoms with Gasteiger partial charge in [-0.05, 0) is 63.4 Å². The van der Waals surface area contributed by atoms with Crippen LogP contribution in [0.2, 0.25) is 10.0 Å². The van der Waals surface area contributed by atoms with Crippen LogP contribution in [0, 0.1) is 6.92 Å². The van der Waals surface area contributed by atoms with Crippen molar-refractivity contribution < 1.29 is 32.2 Å². The molecule has 2 amide bonds. The maximum atomic E-state index is 14.1. The number of pyridine rings is 1. The first-order valence-electron chi connectivity index (χ1n) is 11.3. The summed E-state index contributed by atoms with van der Waals surface area (Å²) < 4.78 is 52.4. The van der Waals surface area contributed by atoms with Crippen molar-refractivity contribution in [3.63, 3.8) is 0 Å². The summed E-state index contributed by atoms with van der Waals surface area (Å²) in [7, 11) is 0. The molecular weight excluding hydrogens is 522 g/mol. The van der Waals surface area contributed by atoms with Crippen LogP contribution in [0.25, 0.3) is 0 Å². The third-order valence-electron chi connectivity index (χ3n) is 6.50. The van der Waals surface area contributed by atoms with Crippen molar-refractivity contribution in [2.45, 2.75) is 63.8 Å². The van der Waals surface area contributed by atoms with Crippen molar-refractivity contribution in [2.75, 3.05) is 16.3 Å². The van der Waals surface area contributed by atoms with E-state index < -0.39 is 47.6 Å². The summed E-state index contributed by atoms with van der Waals surface area (Å²) in [4.78, 5) is 34.2. The van der Waals surface area contributed by atoms with E-state index in [2.05, 4.69) is 4.98 Å². The van der Waals surface area contributed by atoms with Gasteiger partial charge >= 0.3 is 6.18 Å². The summed E-state index contributed by atoms with van der Waals surface area (Å²) >= 11 is 12.6. The lowest BCUT2D eigenvalue weighted by molar-refractivity contribution is -0.161. The van der Waals surface area contributed by atoms with Gasteiger partial charge < -0.3 is 14.4 Å². The van der Waals surface area contributed by atoms with Crippen molar-refractivity contribution in [1.82, 2.24) is 4.98 Å². The molecule has 2 fully saturated rings. The molecule has 7 nitrogen and oxygen atoms in total.